The average molecular weight is 394 g/mol. The number of hydrogen-bond donors (Lipinski definition) is 3. The Hall–Kier alpha value is -3.02. The van der Waals surface area contributed by atoms with Crippen LogP contribution in [0.25, 0.3) is 0 Å². The Balaban J connectivity index is 1.58. The van der Waals surface area contributed by atoms with Crippen LogP contribution in [0.5, 0.6) is 0 Å². The van der Waals surface area contributed by atoms with Crippen LogP contribution in [0.4, 0.5) is 11.4 Å². The highest BCUT2D eigenvalue weighted by molar-refractivity contribution is 5.88. The van der Waals surface area contributed by atoms with Crippen LogP contribution in [-0.4, -0.2) is 32.0 Å². The molecule has 29 heavy (non-hydrogen) atoms. The first kappa shape index (κ1) is 20.7. The van der Waals surface area contributed by atoms with Crippen molar-refractivity contribution in [3.63, 3.8) is 0 Å². The fourth-order valence-corrected chi connectivity index (χ4v) is 3.60. The highest BCUT2D eigenvalue weighted by atomic mass is 16.1. The zero-order valence-corrected chi connectivity index (χ0v) is 17.5. The number of rotatable bonds is 6. The van der Waals surface area contributed by atoms with Gasteiger partial charge in [0.15, 0.2) is 5.96 Å². The molecule has 1 atom stereocenters. The van der Waals surface area contributed by atoms with Gasteiger partial charge in [0, 0.05) is 45.0 Å². The highest BCUT2D eigenvalue weighted by Crippen LogP contribution is 2.24. The van der Waals surface area contributed by atoms with Crippen molar-refractivity contribution in [2.75, 3.05) is 30.4 Å². The van der Waals surface area contributed by atoms with E-state index in [1.165, 1.54) is 31.0 Å². The molecule has 0 aromatic heterocycles. The summed E-state index contributed by atoms with van der Waals surface area (Å²) in [5, 5.41) is 9.63. The van der Waals surface area contributed by atoms with Crippen molar-refractivity contribution < 1.29 is 4.79 Å². The fourth-order valence-electron chi connectivity index (χ4n) is 3.60. The first-order chi connectivity index (χ1) is 14.0. The van der Waals surface area contributed by atoms with E-state index in [1.54, 1.807) is 7.05 Å². The Morgan fingerprint density at radius 3 is 2.62 bits per heavy atom. The molecule has 6 heteroatoms. The lowest BCUT2D eigenvalue weighted by Gasteiger charge is -2.22. The summed E-state index contributed by atoms with van der Waals surface area (Å²) < 4.78 is 0. The lowest BCUT2D eigenvalue weighted by atomic mass is 10.1. The maximum Gasteiger partial charge on any atom is 0.221 e. The zero-order chi connectivity index (χ0) is 20.6. The molecule has 1 fully saturated rings. The van der Waals surface area contributed by atoms with E-state index in [0.29, 0.717) is 6.54 Å². The van der Waals surface area contributed by atoms with E-state index in [1.807, 2.05) is 24.3 Å². The normalized spacial score (nSPS) is 15.1. The minimum Gasteiger partial charge on any atom is -0.372 e. The molecule has 1 saturated heterocycles. The maximum absolute atomic E-state index is 11.2. The number of anilines is 2. The number of nitrogens with zero attached hydrogens (tertiary/aromatic N) is 2. The van der Waals surface area contributed by atoms with Crippen LogP contribution in [0.1, 0.15) is 43.9 Å². The van der Waals surface area contributed by atoms with E-state index in [0.717, 1.165) is 30.3 Å². The molecular formula is C23H31N5O. The molecule has 1 aliphatic heterocycles. The minimum absolute atomic E-state index is 0.0717. The molecule has 3 rings (SSSR count). The van der Waals surface area contributed by atoms with Gasteiger partial charge in [0.2, 0.25) is 5.91 Å². The third kappa shape index (κ3) is 5.98. The molecule has 0 saturated carbocycles. The number of carbonyl (C=O) groups is 1. The molecule has 0 radical (unpaired) electrons. The third-order valence-corrected chi connectivity index (χ3v) is 5.13. The van der Waals surface area contributed by atoms with Crippen molar-refractivity contribution in [3.8, 4) is 0 Å². The molecule has 154 valence electrons. The summed E-state index contributed by atoms with van der Waals surface area (Å²) >= 11 is 0. The topological polar surface area (TPSA) is 68.8 Å². The Morgan fingerprint density at radius 1 is 1.14 bits per heavy atom. The van der Waals surface area contributed by atoms with Gasteiger partial charge in [-0.15, -0.1) is 0 Å². The van der Waals surface area contributed by atoms with Crippen molar-refractivity contribution in [1.29, 1.82) is 0 Å². The summed E-state index contributed by atoms with van der Waals surface area (Å²) in [5.41, 5.74) is 4.41. The van der Waals surface area contributed by atoms with Crippen LogP contribution >= 0.6 is 0 Å². The third-order valence-electron chi connectivity index (χ3n) is 5.13. The van der Waals surface area contributed by atoms with Crippen LogP contribution in [-0.2, 0) is 11.3 Å². The lowest BCUT2D eigenvalue weighted by Crippen LogP contribution is -2.38. The number of benzene rings is 2. The Morgan fingerprint density at radius 2 is 1.90 bits per heavy atom. The van der Waals surface area contributed by atoms with Crippen molar-refractivity contribution in [2.45, 2.75) is 39.3 Å². The minimum atomic E-state index is -0.0717. The van der Waals surface area contributed by atoms with E-state index >= 15 is 0 Å². The van der Waals surface area contributed by atoms with Gasteiger partial charge in [-0.25, -0.2) is 0 Å². The standard InChI is InChI=1S/C23H31N5O/c1-17(20-9-7-11-22(15-20)28-12-4-5-13-28)26-23(24-3)25-16-19-8-6-10-21(14-19)27-18(2)29/h6-11,14-15,17H,4-5,12-13,16H2,1-3H3,(H,27,29)(H2,24,25,26). The van der Waals surface area contributed by atoms with Crippen LogP contribution in [0.2, 0.25) is 0 Å². The first-order valence-electron chi connectivity index (χ1n) is 10.2. The van der Waals surface area contributed by atoms with Crippen LogP contribution < -0.4 is 20.9 Å². The number of carbonyl (C=O) groups excluding carboxylic acids is 1. The second-order valence-corrected chi connectivity index (χ2v) is 7.46. The molecule has 1 aliphatic rings. The largest absolute Gasteiger partial charge is 0.372 e. The summed E-state index contributed by atoms with van der Waals surface area (Å²) in [6.45, 7) is 6.57. The summed E-state index contributed by atoms with van der Waals surface area (Å²) in [6, 6.07) is 16.7. The predicted octanol–water partition coefficient (Wildman–Crippen LogP) is 3.67. The van der Waals surface area contributed by atoms with Crippen molar-refractivity contribution in [3.05, 3.63) is 59.7 Å². The van der Waals surface area contributed by atoms with Gasteiger partial charge in [-0.2, -0.15) is 0 Å². The molecular weight excluding hydrogens is 362 g/mol. The number of amides is 1. The van der Waals surface area contributed by atoms with E-state index < -0.39 is 0 Å². The van der Waals surface area contributed by atoms with Gasteiger partial charge in [-0.1, -0.05) is 24.3 Å². The van der Waals surface area contributed by atoms with Crippen molar-refractivity contribution in [1.82, 2.24) is 10.6 Å². The van der Waals surface area contributed by atoms with Gasteiger partial charge in [-0.05, 0) is 55.2 Å². The van der Waals surface area contributed by atoms with Crippen LogP contribution in [0.3, 0.4) is 0 Å². The highest BCUT2D eigenvalue weighted by Gasteiger charge is 2.14. The van der Waals surface area contributed by atoms with Gasteiger partial charge in [0.05, 0.1) is 6.04 Å². The SMILES string of the molecule is CN=C(NCc1cccc(NC(C)=O)c1)NC(C)c1cccc(N2CCCC2)c1. The first-order valence-corrected chi connectivity index (χ1v) is 10.2. The predicted molar refractivity (Wildman–Crippen MR) is 120 cm³/mol. The van der Waals surface area contributed by atoms with Crippen LogP contribution in [0.15, 0.2) is 53.5 Å². The van der Waals surface area contributed by atoms with Crippen molar-refractivity contribution >= 4 is 23.2 Å². The molecule has 2 aromatic rings. The molecule has 6 nitrogen and oxygen atoms in total. The zero-order valence-electron chi connectivity index (χ0n) is 17.5. The molecule has 0 bridgehead atoms. The second kappa shape index (κ2) is 9.96. The molecule has 0 aliphatic carbocycles. The molecule has 0 spiro atoms. The average Bonchev–Trinajstić information content (AvgIpc) is 3.26. The van der Waals surface area contributed by atoms with E-state index in [9.17, 15) is 4.79 Å². The lowest BCUT2D eigenvalue weighted by molar-refractivity contribution is -0.114. The summed E-state index contributed by atoms with van der Waals surface area (Å²) in [6.07, 6.45) is 2.55. The molecule has 2 aromatic carbocycles. The van der Waals surface area contributed by atoms with Gasteiger partial charge >= 0.3 is 0 Å². The Kier molecular flexibility index (Phi) is 7.11. The summed E-state index contributed by atoms with van der Waals surface area (Å²) in [4.78, 5) is 18.0. The molecule has 3 N–H and O–H groups in total. The summed E-state index contributed by atoms with van der Waals surface area (Å²) in [7, 11) is 1.77. The van der Waals surface area contributed by atoms with Gasteiger partial charge in [-0.3, -0.25) is 9.79 Å². The van der Waals surface area contributed by atoms with E-state index in [2.05, 4.69) is 57.0 Å². The van der Waals surface area contributed by atoms with Crippen molar-refractivity contribution in [2.24, 2.45) is 4.99 Å². The monoisotopic (exact) mass is 393 g/mol. The maximum atomic E-state index is 11.2. The fraction of sp³-hybridized carbons (Fsp3) is 0.391. The Labute approximate surface area is 173 Å². The quantitative estimate of drug-likeness (QED) is 0.517. The Bertz CT molecular complexity index is 858. The van der Waals surface area contributed by atoms with Gasteiger partial charge < -0.3 is 20.9 Å². The molecule has 1 amide bonds. The van der Waals surface area contributed by atoms with Gasteiger partial charge in [0.25, 0.3) is 0 Å². The van der Waals surface area contributed by atoms with Crippen LogP contribution in [0, 0.1) is 0 Å². The number of guanidine groups is 1. The molecule has 1 unspecified atom stereocenters. The van der Waals surface area contributed by atoms with E-state index in [-0.39, 0.29) is 11.9 Å². The van der Waals surface area contributed by atoms with Gasteiger partial charge in [0.1, 0.15) is 0 Å². The number of hydrogen-bond acceptors (Lipinski definition) is 3. The van der Waals surface area contributed by atoms with E-state index in [4.69, 9.17) is 0 Å². The summed E-state index contributed by atoms with van der Waals surface area (Å²) in [5.74, 6) is 0.673. The second-order valence-electron chi connectivity index (χ2n) is 7.46. The number of nitrogens with one attached hydrogen (secondary N) is 3. The smallest absolute Gasteiger partial charge is 0.221 e. The molecule has 1 heterocycles. The number of aliphatic imine (C=N–C) groups is 1.